The second-order valence-corrected chi connectivity index (χ2v) is 6.13. The van der Waals surface area contributed by atoms with Gasteiger partial charge in [0.25, 0.3) is 0 Å². The molecule has 1 aliphatic carbocycles. The van der Waals surface area contributed by atoms with Crippen molar-refractivity contribution >= 4 is 0 Å². The van der Waals surface area contributed by atoms with E-state index in [4.69, 9.17) is 10.5 Å². The molecule has 0 radical (unpaired) electrons. The van der Waals surface area contributed by atoms with Crippen LogP contribution in [0.2, 0.25) is 0 Å². The Morgan fingerprint density at radius 1 is 1.33 bits per heavy atom. The number of hydrogen-bond acceptors (Lipinski definition) is 2. The fraction of sp³-hybridized carbons (Fsp3) is 0.625. The van der Waals surface area contributed by atoms with Crippen LogP contribution in [0.3, 0.4) is 0 Å². The van der Waals surface area contributed by atoms with Gasteiger partial charge < -0.3 is 10.5 Å². The molecule has 0 amide bonds. The summed E-state index contributed by atoms with van der Waals surface area (Å²) in [4.78, 5) is 0. The summed E-state index contributed by atoms with van der Waals surface area (Å²) < 4.78 is 5.51. The molecule has 0 fully saturated rings. The highest BCUT2D eigenvalue weighted by molar-refractivity contribution is 5.35. The Hall–Kier alpha value is -0.860. The highest BCUT2D eigenvalue weighted by Crippen LogP contribution is 2.38. The van der Waals surface area contributed by atoms with E-state index in [0.717, 1.165) is 19.3 Å². The molecule has 0 aliphatic heterocycles. The number of ether oxygens (including phenoxy) is 1. The molecule has 2 nitrogen and oxygen atoms in total. The number of nitrogens with two attached hydrogens (primary N) is 1. The Bertz CT molecular complexity index is 413. The molecule has 1 unspecified atom stereocenters. The van der Waals surface area contributed by atoms with Gasteiger partial charge in [0.2, 0.25) is 0 Å². The Balaban J connectivity index is 2.17. The number of hydrogen-bond donors (Lipinski definition) is 1. The predicted octanol–water partition coefficient (Wildman–Crippen LogP) is 3.38. The van der Waals surface area contributed by atoms with Crippen LogP contribution in [0.1, 0.15) is 50.7 Å². The average molecular weight is 247 g/mol. The van der Waals surface area contributed by atoms with Crippen LogP contribution in [0.5, 0.6) is 0 Å². The molecular weight excluding hydrogens is 222 g/mol. The van der Waals surface area contributed by atoms with E-state index in [0.29, 0.717) is 0 Å². The molecule has 0 spiro atoms. The van der Waals surface area contributed by atoms with E-state index in [1.54, 1.807) is 7.11 Å². The van der Waals surface area contributed by atoms with Gasteiger partial charge in [-0.2, -0.15) is 0 Å². The minimum Gasteiger partial charge on any atom is -0.379 e. The van der Waals surface area contributed by atoms with Crippen LogP contribution < -0.4 is 5.73 Å². The number of methoxy groups -OCH3 is 1. The summed E-state index contributed by atoms with van der Waals surface area (Å²) in [5, 5.41) is 0. The summed E-state index contributed by atoms with van der Waals surface area (Å²) in [6, 6.07) is 8.64. The standard InChI is InChI=1S/C16H25NO/c1-15(2,18-3)11-12-16(17)10-6-8-13-7-4-5-9-14(13)16/h4-5,7,9H,6,8,10-12,17H2,1-3H3. The number of fused-ring (bicyclic) bond motifs is 1. The molecule has 100 valence electrons. The Morgan fingerprint density at radius 3 is 2.78 bits per heavy atom. The van der Waals surface area contributed by atoms with Crippen LogP contribution in [-0.4, -0.2) is 12.7 Å². The van der Waals surface area contributed by atoms with E-state index in [1.165, 1.54) is 24.0 Å². The average Bonchev–Trinajstić information content (AvgIpc) is 2.38. The first-order valence-electron chi connectivity index (χ1n) is 6.89. The summed E-state index contributed by atoms with van der Waals surface area (Å²) in [5.74, 6) is 0. The van der Waals surface area contributed by atoms with Gasteiger partial charge in [0.05, 0.1) is 5.60 Å². The van der Waals surface area contributed by atoms with Crippen LogP contribution in [0.25, 0.3) is 0 Å². The van der Waals surface area contributed by atoms with Gasteiger partial charge in [0.15, 0.2) is 0 Å². The van der Waals surface area contributed by atoms with E-state index in [-0.39, 0.29) is 11.1 Å². The largest absolute Gasteiger partial charge is 0.379 e. The molecule has 0 heterocycles. The lowest BCUT2D eigenvalue weighted by Gasteiger charge is -2.38. The molecule has 0 bridgehead atoms. The fourth-order valence-electron chi connectivity index (χ4n) is 2.84. The molecule has 1 aromatic carbocycles. The second-order valence-electron chi connectivity index (χ2n) is 6.13. The summed E-state index contributed by atoms with van der Waals surface area (Å²) >= 11 is 0. The third-order valence-electron chi connectivity index (χ3n) is 4.35. The van der Waals surface area contributed by atoms with Gasteiger partial charge in [0.1, 0.15) is 0 Å². The van der Waals surface area contributed by atoms with Crippen molar-refractivity contribution in [3.8, 4) is 0 Å². The van der Waals surface area contributed by atoms with Crippen molar-refractivity contribution in [3.05, 3.63) is 35.4 Å². The monoisotopic (exact) mass is 247 g/mol. The van der Waals surface area contributed by atoms with Gasteiger partial charge in [-0.05, 0) is 57.1 Å². The van der Waals surface area contributed by atoms with Crippen LogP contribution in [0, 0.1) is 0 Å². The molecule has 0 aromatic heterocycles. The molecule has 0 saturated heterocycles. The van der Waals surface area contributed by atoms with Crippen LogP contribution in [0.15, 0.2) is 24.3 Å². The van der Waals surface area contributed by atoms with E-state index in [1.807, 2.05) is 0 Å². The van der Waals surface area contributed by atoms with Crippen LogP contribution in [0.4, 0.5) is 0 Å². The molecule has 18 heavy (non-hydrogen) atoms. The van der Waals surface area contributed by atoms with Crippen molar-refractivity contribution in [2.24, 2.45) is 5.73 Å². The van der Waals surface area contributed by atoms with Crippen molar-refractivity contribution in [1.82, 2.24) is 0 Å². The van der Waals surface area contributed by atoms with E-state index < -0.39 is 0 Å². The normalized spacial score (nSPS) is 23.8. The maximum Gasteiger partial charge on any atom is 0.0623 e. The third-order valence-corrected chi connectivity index (χ3v) is 4.35. The van der Waals surface area contributed by atoms with Crippen LogP contribution >= 0.6 is 0 Å². The number of benzene rings is 1. The van der Waals surface area contributed by atoms with Crippen molar-refractivity contribution in [2.45, 2.75) is 57.1 Å². The lowest BCUT2D eigenvalue weighted by atomic mass is 9.73. The number of rotatable bonds is 4. The summed E-state index contributed by atoms with van der Waals surface area (Å²) in [7, 11) is 1.78. The molecule has 1 atom stereocenters. The van der Waals surface area contributed by atoms with Gasteiger partial charge in [-0.25, -0.2) is 0 Å². The Morgan fingerprint density at radius 2 is 2.06 bits per heavy atom. The predicted molar refractivity (Wildman–Crippen MR) is 75.6 cm³/mol. The zero-order valence-corrected chi connectivity index (χ0v) is 11.8. The molecular formula is C16H25NO. The zero-order valence-electron chi connectivity index (χ0n) is 11.8. The van der Waals surface area contributed by atoms with Crippen molar-refractivity contribution in [3.63, 3.8) is 0 Å². The molecule has 0 saturated carbocycles. The first kappa shape index (κ1) is 13.6. The van der Waals surface area contributed by atoms with E-state index in [2.05, 4.69) is 38.1 Å². The summed E-state index contributed by atoms with van der Waals surface area (Å²) in [6.07, 6.45) is 5.44. The topological polar surface area (TPSA) is 35.2 Å². The third kappa shape index (κ3) is 2.76. The van der Waals surface area contributed by atoms with Crippen LogP contribution in [-0.2, 0) is 16.7 Å². The highest BCUT2D eigenvalue weighted by atomic mass is 16.5. The molecule has 1 aromatic rings. The first-order chi connectivity index (χ1) is 8.47. The summed E-state index contributed by atoms with van der Waals surface area (Å²) in [6.45, 7) is 4.26. The number of aryl methyl sites for hydroxylation is 1. The van der Waals surface area contributed by atoms with Crippen molar-refractivity contribution in [2.75, 3.05) is 7.11 Å². The van der Waals surface area contributed by atoms with Gasteiger partial charge in [-0.15, -0.1) is 0 Å². The van der Waals surface area contributed by atoms with Gasteiger partial charge in [-0.3, -0.25) is 0 Å². The Labute approximate surface area is 111 Å². The van der Waals surface area contributed by atoms with Gasteiger partial charge in [0, 0.05) is 12.6 Å². The zero-order chi connectivity index (χ0) is 13.2. The van der Waals surface area contributed by atoms with E-state index >= 15 is 0 Å². The maximum absolute atomic E-state index is 6.68. The maximum atomic E-state index is 6.68. The smallest absolute Gasteiger partial charge is 0.0623 e. The fourth-order valence-corrected chi connectivity index (χ4v) is 2.84. The lowest BCUT2D eigenvalue weighted by Crippen LogP contribution is -2.41. The molecule has 2 N–H and O–H groups in total. The lowest BCUT2D eigenvalue weighted by molar-refractivity contribution is 0.00784. The molecule has 2 heteroatoms. The molecule has 1 aliphatic rings. The SMILES string of the molecule is COC(C)(C)CCC1(N)CCCc2ccccc21. The minimum absolute atomic E-state index is 0.0846. The Kier molecular flexibility index (Phi) is 3.79. The van der Waals surface area contributed by atoms with Gasteiger partial charge in [-0.1, -0.05) is 24.3 Å². The van der Waals surface area contributed by atoms with Crippen molar-refractivity contribution in [1.29, 1.82) is 0 Å². The van der Waals surface area contributed by atoms with Gasteiger partial charge >= 0.3 is 0 Å². The quantitative estimate of drug-likeness (QED) is 0.885. The molecule has 2 rings (SSSR count). The van der Waals surface area contributed by atoms with Crippen molar-refractivity contribution < 1.29 is 4.74 Å². The minimum atomic E-state index is -0.162. The van der Waals surface area contributed by atoms with E-state index in [9.17, 15) is 0 Å². The highest BCUT2D eigenvalue weighted by Gasteiger charge is 2.33. The summed E-state index contributed by atoms with van der Waals surface area (Å²) in [5.41, 5.74) is 9.21. The second kappa shape index (κ2) is 5.02. The first-order valence-corrected chi connectivity index (χ1v) is 6.89.